The van der Waals surface area contributed by atoms with Crippen LogP contribution in [0.15, 0.2) is 41.3 Å². The van der Waals surface area contributed by atoms with E-state index in [2.05, 4.69) is 5.32 Å². The van der Waals surface area contributed by atoms with Crippen LogP contribution in [0, 0.1) is 13.8 Å². The maximum Gasteiger partial charge on any atom is 0.339 e. The molecule has 0 radical (unpaired) electrons. The number of hydrogen-bond acceptors (Lipinski definition) is 5. The zero-order valence-electron chi connectivity index (χ0n) is 13.5. The fraction of sp³-hybridized carbons (Fsp3) is 0.176. The van der Waals surface area contributed by atoms with E-state index in [-0.39, 0.29) is 16.6 Å². The van der Waals surface area contributed by atoms with Gasteiger partial charge in [0.05, 0.1) is 0 Å². The van der Waals surface area contributed by atoms with E-state index in [1.54, 1.807) is 26.0 Å². The second-order valence-corrected chi connectivity index (χ2v) is 6.89. The van der Waals surface area contributed by atoms with E-state index in [9.17, 15) is 18.0 Å². The quantitative estimate of drug-likeness (QED) is 0.663. The number of nitrogens with one attached hydrogen (secondary N) is 1. The molecule has 0 unspecified atom stereocenters. The molecule has 0 aliphatic carbocycles. The lowest BCUT2D eigenvalue weighted by Crippen LogP contribution is -2.12. The Morgan fingerprint density at radius 2 is 1.62 bits per heavy atom. The van der Waals surface area contributed by atoms with Gasteiger partial charge in [0.1, 0.15) is 16.9 Å². The first-order valence-corrected chi connectivity index (χ1v) is 8.52. The molecular weight excluding hydrogens is 330 g/mol. The molecule has 2 rings (SSSR count). The first-order valence-electron chi connectivity index (χ1n) is 7.11. The summed E-state index contributed by atoms with van der Waals surface area (Å²) in [7, 11) is -4.02. The van der Waals surface area contributed by atoms with Crippen LogP contribution in [0.1, 0.15) is 28.4 Å². The van der Waals surface area contributed by atoms with Gasteiger partial charge in [-0.1, -0.05) is 0 Å². The Hall–Kier alpha value is -2.67. The summed E-state index contributed by atoms with van der Waals surface area (Å²) in [6.45, 7) is 4.71. The standard InChI is InChI=1S/C17H17NO5S/c1-11-8-14(10-19)9-12(2)17(11)23-24(21,22)16-6-4-15(5-7-16)18-13(3)20/h4-10H,1-3H3,(H,18,20). The van der Waals surface area contributed by atoms with Gasteiger partial charge in [-0.15, -0.1) is 0 Å². The Morgan fingerprint density at radius 1 is 1.08 bits per heavy atom. The van der Waals surface area contributed by atoms with Crippen molar-refractivity contribution in [2.24, 2.45) is 0 Å². The molecular formula is C17H17NO5S. The molecule has 0 aromatic heterocycles. The molecule has 0 bridgehead atoms. The van der Waals surface area contributed by atoms with E-state index < -0.39 is 10.1 Å². The van der Waals surface area contributed by atoms with Crippen molar-refractivity contribution in [3.8, 4) is 5.75 Å². The monoisotopic (exact) mass is 347 g/mol. The van der Waals surface area contributed by atoms with Crippen LogP contribution in [-0.4, -0.2) is 20.6 Å². The largest absolute Gasteiger partial charge is 0.378 e. The topological polar surface area (TPSA) is 89.5 Å². The molecule has 0 aliphatic rings. The lowest BCUT2D eigenvalue weighted by Gasteiger charge is -2.13. The van der Waals surface area contributed by atoms with Crippen LogP contribution in [0.3, 0.4) is 0 Å². The summed E-state index contributed by atoms with van der Waals surface area (Å²) >= 11 is 0. The van der Waals surface area contributed by atoms with Crippen molar-refractivity contribution in [2.75, 3.05) is 5.32 Å². The minimum atomic E-state index is -4.02. The second-order valence-electron chi connectivity index (χ2n) is 5.34. The summed E-state index contributed by atoms with van der Waals surface area (Å²) in [5, 5.41) is 2.56. The zero-order chi connectivity index (χ0) is 17.9. The maximum absolute atomic E-state index is 12.4. The van der Waals surface area contributed by atoms with Gasteiger partial charge in [0.25, 0.3) is 0 Å². The van der Waals surface area contributed by atoms with Gasteiger partial charge >= 0.3 is 10.1 Å². The van der Waals surface area contributed by atoms with Crippen molar-refractivity contribution in [1.82, 2.24) is 0 Å². The summed E-state index contributed by atoms with van der Waals surface area (Å²) in [6.07, 6.45) is 0.693. The Morgan fingerprint density at radius 3 is 2.08 bits per heavy atom. The first kappa shape index (κ1) is 17.7. The highest BCUT2D eigenvalue weighted by Gasteiger charge is 2.19. The normalized spacial score (nSPS) is 11.0. The molecule has 0 spiro atoms. The highest BCUT2D eigenvalue weighted by atomic mass is 32.2. The van der Waals surface area contributed by atoms with Crippen LogP contribution in [0.5, 0.6) is 5.75 Å². The van der Waals surface area contributed by atoms with Gasteiger partial charge in [-0.2, -0.15) is 8.42 Å². The Labute approximate surface area is 140 Å². The number of benzene rings is 2. The third-order valence-electron chi connectivity index (χ3n) is 3.28. The van der Waals surface area contributed by atoms with Crippen LogP contribution in [-0.2, 0) is 14.9 Å². The molecule has 1 amide bonds. The zero-order valence-corrected chi connectivity index (χ0v) is 14.3. The van der Waals surface area contributed by atoms with Crippen molar-refractivity contribution >= 4 is 28.0 Å². The second kappa shape index (κ2) is 6.84. The molecule has 2 aromatic carbocycles. The molecule has 2 aromatic rings. The van der Waals surface area contributed by atoms with Gasteiger partial charge in [-0.25, -0.2) is 0 Å². The number of hydrogen-bond donors (Lipinski definition) is 1. The van der Waals surface area contributed by atoms with E-state index in [4.69, 9.17) is 4.18 Å². The van der Waals surface area contributed by atoms with Crippen LogP contribution in [0.25, 0.3) is 0 Å². The molecule has 1 N–H and O–H groups in total. The Bertz CT molecular complexity index is 863. The number of rotatable bonds is 5. The van der Waals surface area contributed by atoms with E-state index in [0.29, 0.717) is 28.7 Å². The fourth-order valence-electron chi connectivity index (χ4n) is 2.25. The smallest absolute Gasteiger partial charge is 0.339 e. The van der Waals surface area contributed by atoms with Crippen molar-refractivity contribution in [3.63, 3.8) is 0 Å². The number of aldehydes is 1. The van der Waals surface area contributed by atoms with Crippen LogP contribution in [0.2, 0.25) is 0 Å². The highest BCUT2D eigenvalue weighted by molar-refractivity contribution is 7.87. The molecule has 0 saturated carbocycles. The molecule has 0 fully saturated rings. The van der Waals surface area contributed by atoms with Crippen molar-refractivity contribution in [3.05, 3.63) is 53.1 Å². The lowest BCUT2D eigenvalue weighted by molar-refractivity contribution is -0.114. The van der Waals surface area contributed by atoms with E-state index in [1.165, 1.54) is 31.2 Å². The predicted molar refractivity (Wildman–Crippen MR) is 89.9 cm³/mol. The van der Waals surface area contributed by atoms with Gasteiger partial charge < -0.3 is 9.50 Å². The fourth-order valence-corrected chi connectivity index (χ4v) is 3.30. The van der Waals surface area contributed by atoms with Crippen molar-refractivity contribution in [2.45, 2.75) is 25.7 Å². The number of carbonyl (C=O) groups is 2. The van der Waals surface area contributed by atoms with Gasteiger partial charge in [0.2, 0.25) is 5.91 Å². The van der Waals surface area contributed by atoms with Crippen LogP contribution >= 0.6 is 0 Å². The minimum absolute atomic E-state index is 0.0325. The van der Waals surface area contributed by atoms with Gasteiger partial charge in [0, 0.05) is 18.2 Å². The highest BCUT2D eigenvalue weighted by Crippen LogP contribution is 2.28. The molecule has 0 atom stereocenters. The summed E-state index contributed by atoms with van der Waals surface area (Å²) < 4.78 is 30.1. The molecule has 0 heterocycles. The lowest BCUT2D eigenvalue weighted by atomic mass is 10.1. The van der Waals surface area contributed by atoms with Gasteiger partial charge in [-0.3, -0.25) is 9.59 Å². The van der Waals surface area contributed by atoms with Gasteiger partial charge in [-0.05, 0) is 61.4 Å². The average molecular weight is 347 g/mol. The van der Waals surface area contributed by atoms with E-state index >= 15 is 0 Å². The Kier molecular flexibility index (Phi) is 5.04. The van der Waals surface area contributed by atoms with Crippen LogP contribution in [0.4, 0.5) is 5.69 Å². The molecule has 0 aliphatic heterocycles. The molecule has 0 saturated heterocycles. The maximum atomic E-state index is 12.4. The van der Waals surface area contributed by atoms with Crippen LogP contribution < -0.4 is 9.50 Å². The van der Waals surface area contributed by atoms with Crippen molar-refractivity contribution in [1.29, 1.82) is 0 Å². The Balaban J connectivity index is 2.32. The molecule has 24 heavy (non-hydrogen) atoms. The third kappa shape index (κ3) is 3.99. The predicted octanol–water partition coefficient (Wildman–Crippen LogP) is 2.84. The summed E-state index contributed by atoms with van der Waals surface area (Å²) in [5.74, 6) is -0.0464. The minimum Gasteiger partial charge on any atom is -0.378 e. The molecule has 126 valence electrons. The third-order valence-corrected chi connectivity index (χ3v) is 4.51. The van der Waals surface area contributed by atoms with E-state index in [1.807, 2.05) is 0 Å². The van der Waals surface area contributed by atoms with E-state index in [0.717, 1.165) is 0 Å². The number of amides is 1. The summed E-state index contributed by atoms with van der Waals surface area (Å²) in [4.78, 5) is 21.8. The first-order chi connectivity index (χ1) is 11.2. The van der Waals surface area contributed by atoms with Gasteiger partial charge in [0.15, 0.2) is 0 Å². The molecule has 6 nitrogen and oxygen atoms in total. The summed E-state index contributed by atoms with van der Waals surface area (Å²) in [6, 6.07) is 8.78. The number of carbonyl (C=O) groups excluding carboxylic acids is 2. The number of anilines is 1. The van der Waals surface area contributed by atoms with Crippen molar-refractivity contribution < 1.29 is 22.2 Å². The summed E-state index contributed by atoms with van der Waals surface area (Å²) in [5.41, 5.74) is 2.05. The molecule has 7 heteroatoms. The number of aryl methyl sites for hydroxylation is 2. The SMILES string of the molecule is CC(=O)Nc1ccc(S(=O)(=O)Oc2c(C)cc(C=O)cc2C)cc1. The average Bonchev–Trinajstić information content (AvgIpc) is 2.50.